The molecule has 1 amide bonds. The number of aromatic nitrogens is 1. The Bertz CT molecular complexity index is 1040. The van der Waals surface area contributed by atoms with Gasteiger partial charge in [0.15, 0.2) is 0 Å². The van der Waals surface area contributed by atoms with Crippen molar-refractivity contribution in [3.8, 4) is 17.2 Å². The van der Waals surface area contributed by atoms with Gasteiger partial charge in [-0.1, -0.05) is 0 Å². The molecule has 3 N–H and O–H groups in total. The molecule has 3 rings (SSSR count). The first-order valence-corrected chi connectivity index (χ1v) is 9.18. The van der Waals surface area contributed by atoms with E-state index in [1.165, 1.54) is 0 Å². The molecule has 1 saturated heterocycles. The minimum absolute atomic E-state index is 0.0467. The van der Waals surface area contributed by atoms with Crippen LogP contribution < -0.4 is 16.0 Å². The summed E-state index contributed by atoms with van der Waals surface area (Å²) in [5.74, 6) is -2.95. The number of benzene rings is 1. The third-order valence-electron chi connectivity index (χ3n) is 4.82. The van der Waals surface area contributed by atoms with Crippen LogP contribution in [0.3, 0.4) is 0 Å². The second-order valence-electron chi connectivity index (χ2n) is 7.64. The molecule has 2 aromatic rings. The van der Waals surface area contributed by atoms with Crippen molar-refractivity contribution in [1.29, 1.82) is 5.26 Å². The van der Waals surface area contributed by atoms with Gasteiger partial charge in [0.2, 0.25) is 0 Å². The number of anilines is 1. The van der Waals surface area contributed by atoms with Crippen molar-refractivity contribution in [2.45, 2.75) is 25.1 Å². The first kappa shape index (κ1) is 22.4. The molecule has 6 nitrogen and oxygen atoms in total. The normalized spacial score (nSPS) is 18.7. The topological polar surface area (TPSA) is 95.0 Å². The van der Waals surface area contributed by atoms with E-state index >= 15 is 0 Å². The quantitative estimate of drug-likeness (QED) is 0.714. The minimum Gasteiger partial charge on any atom is -0.368 e. The maximum atomic E-state index is 13.9. The molecule has 0 bridgehead atoms. The van der Waals surface area contributed by atoms with Gasteiger partial charge in [0, 0.05) is 36.5 Å². The molecule has 0 saturated carbocycles. The average Bonchev–Trinajstić information content (AvgIpc) is 3.03. The van der Waals surface area contributed by atoms with Crippen molar-refractivity contribution in [1.82, 2.24) is 10.3 Å². The molecule has 1 aromatic carbocycles. The van der Waals surface area contributed by atoms with Crippen molar-refractivity contribution in [2.24, 2.45) is 5.73 Å². The van der Waals surface area contributed by atoms with Crippen LogP contribution in [0.5, 0.6) is 0 Å². The molecule has 11 heteroatoms. The number of rotatable bonds is 4. The summed E-state index contributed by atoms with van der Waals surface area (Å²) in [5.41, 5.74) is 4.90. The van der Waals surface area contributed by atoms with Gasteiger partial charge in [-0.15, -0.1) is 0 Å². The number of nitrogens with one attached hydrogen (secondary N) is 1. The number of hydrogen-bond acceptors (Lipinski definition) is 5. The Kier molecular flexibility index (Phi) is 5.87. The Labute approximate surface area is 174 Å². The van der Waals surface area contributed by atoms with Crippen LogP contribution >= 0.6 is 0 Å². The average molecular weight is 439 g/mol. The lowest BCUT2D eigenvalue weighted by Gasteiger charge is -2.27. The van der Waals surface area contributed by atoms with Gasteiger partial charge in [-0.05, 0) is 31.0 Å². The van der Waals surface area contributed by atoms with E-state index in [0.29, 0.717) is 19.0 Å². The predicted octanol–water partition coefficient (Wildman–Crippen LogP) is 3.12. The van der Waals surface area contributed by atoms with E-state index in [1.54, 1.807) is 17.1 Å². The van der Waals surface area contributed by atoms with Crippen LogP contribution in [0.1, 0.15) is 29.4 Å². The van der Waals surface area contributed by atoms with E-state index in [1.807, 2.05) is 6.07 Å². The highest BCUT2D eigenvalue weighted by Gasteiger charge is 2.35. The van der Waals surface area contributed by atoms with Crippen LogP contribution in [0.25, 0.3) is 11.1 Å². The van der Waals surface area contributed by atoms with Crippen LogP contribution in [0, 0.1) is 23.0 Å². The summed E-state index contributed by atoms with van der Waals surface area (Å²) in [6.07, 6.45) is -3.18. The van der Waals surface area contributed by atoms with Crippen LogP contribution in [0.15, 0.2) is 24.4 Å². The zero-order valence-electron chi connectivity index (χ0n) is 16.4. The van der Waals surface area contributed by atoms with E-state index in [-0.39, 0.29) is 34.6 Å². The number of carbonyl (C=O) groups excluding carboxylic acids is 1. The molecule has 1 atom stereocenters. The second-order valence-corrected chi connectivity index (χ2v) is 7.64. The van der Waals surface area contributed by atoms with Gasteiger partial charge in [0.05, 0.1) is 11.3 Å². The molecule has 1 aromatic heterocycles. The van der Waals surface area contributed by atoms with Crippen LogP contribution in [-0.4, -0.2) is 42.2 Å². The highest BCUT2D eigenvalue weighted by Crippen LogP contribution is 2.39. The van der Waals surface area contributed by atoms with Crippen LogP contribution in [-0.2, 0) is 0 Å². The molecule has 1 fully saturated rings. The number of hydrogen-bond donors (Lipinski definition) is 2. The van der Waals surface area contributed by atoms with Gasteiger partial charge in [-0.3, -0.25) is 4.79 Å². The smallest absolute Gasteiger partial charge is 0.368 e. The van der Waals surface area contributed by atoms with E-state index in [4.69, 9.17) is 5.73 Å². The molecular formula is C20H18F5N5O. The van der Waals surface area contributed by atoms with Gasteiger partial charge in [0.1, 0.15) is 29.9 Å². The lowest BCUT2D eigenvalue weighted by molar-refractivity contribution is -0.123. The monoisotopic (exact) mass is 439 g/mol. The Morgan fingerprint density at radius 2 is 1.97 bits per heavy atom. The van der Waals surface area contributed by atoms with E-state index in [9.17, 15) is 32.0 Å². The minimum atomic E-state index is -4.65. The van der Waals surface area contributed by atoms with Gasteiger partial charge < -0.3 is 16.0 Å². The van der Waals surface area contributed by atoms with Crippen molar-refractivity contribution < 1.29 is 26.7 Å². The zero-order valence-corrected chi connectivity index (χ0v) is 16.4. The van der Waals surface area contributed by atoms with Gasteiger partial charge in [-0.2, -0.15) is 18.4 Å². The molecule has 164 valence electrons. The summed E-state index contributed by atoms with van der Waals surface area (Å²) in [4.78, 5) is 18.1. The lowest BCUT2D eigenvalue weighted by Crippen LogP contribution is -2.40. The lowest BCUT2D eigenvalue weighted by atomic mass is 9.97. The van der Waals surface area contributed by atoms with Crippen LogP contribution in [0.2, 0.25) is 0 Å². The van der Waals surface area contributed by atoms with E-state index in [2.05, 4.69) is 4.98 Å². The number of nitrogens with two attached hydrogens (primary N) is 1. The summed E-state index contributed by atoms with van der Waals surface area (Å²) in [6.45, 7) is 0.687. The van der Waals surface area contributed by atoms with Crippen LogP contribution in [0.4, 0.5) is 27.6 Å². The molecule has 0 unspecified atom stereocenters. The Balaban J connectivity index is 2.22. The second kappa shape index (κ2) is 8.11. The molecule has 0 radical (unpaired) electrons. The standard InChI is InChI=1S/C20H18F5N5O/c1-19(27)2-3-30(10-19)17-14(18(31)29-9-20(23,24)25)8-28-15(7-26)16(17)11-4-12(21)6-13(22)5-11/h4-6,8H,2-3,9-10,27H2,1H3,(H,29,31)/t19-/m0/s1. The summed E-state index contributed by atoms with van der Waals surface area (Å²) in [7, 11) is 0. The summed E-state index contributed by atoms with van der Waals surface area (Å²) in [5, 5.41) is 11.3. The molecule has 0 spiro atoms. The number of carbonyl (C=O) groups is 1. The number of halogens is 5. The molecule has 31 heavy (non-hydrogen) atoms. The fourth-order valence-electron chi connectivity index (χ4n) is 3.50. The molecule has 1 aliphatic rings. The number of alkyl halides is 3. The molecular weight excluding hydrogens is 421 g/mol. The van der Waals surface area contributed by atoms with Gasteiger partial charge in [-0.25, -0.2) is 13.8 Å². The predicted molar refractivity (Wildman–Crippen MR) is 102 cm³/mol. The van der Waals surface area contributed by atoms with Crippen molar-refractivity contribution >= 4 is 11.6 Å². The van der Waals surface area contributed by atoms with Gasteiger partial charge in [0.25, 0.3) is 5.91 Å². The first-order valence-electron chi connectivity index (χ1n) is 9.18. The summed E-state index contributed by atoms with van der Waals surface area (Å²) in [6, 6.07) is 4.36. The highest BCUT2D eigenvalue weighted by molar-refractivity contribution is 6.04. The highest BCUT2D eigenvalue weighted by atomic mass is 19.4. The zero-order chi connectivity index (χ0) is 23.0. The number of amides is 1. The maximum absolute atomic E-state index is 13.9. The van der Waals surface area contributed by atoms with Gasteiger partial charge >= 0.3 is 6.18 Å². The molecule has 2 heterocycles. The largest absolute Gasteiger partial charge is 0.405 e. The van der Waals surface area contributed by atoms with Crippen molar-refractivity contribution in [2.75, 3.05) is 24.5 Å². The van der Waals surface area contributed by atoms with E-state index in [0.717, 1.165) is 18.3 Å². The SMILES string of the molecule is C[C@]1(N)CCN(c2c(C(=O)NCC(F)(F)F)cnc(C#N)c2-c2cc(F)cc(F)c2)C1. The fourth-order valence-corrected chi connectivity index (χ4v) is 3.50. The van der Waals surface area contributed by atoms with Crippen molar-refractivity contribution in [3.05, 3.63) is 47.3 Å². The number of pyridine rings is 1. The Morgan fingerprint density at radius 1 is 1.32 bits per heavy atom. The van der Waals surface area contributed by atoms with Crippen molar-refractivity contribution in [3.63, 3.8) is 0 Å². The molecule has 0 aliphatic carbocycles. The first-order chi connectivity index (χ1) is 14.4. The summed E-state index contributed by atoms with van der Waals surface area (Å²) >= 11 is 0. The number of nitriles is 1. The fraction of sp³-hybridized carbons (Fsp3) is 0.350. The number of nitrogens with zero attached hydrogens (tertiary/aromatic N) is 3. The molecule has 1 aliphatic heterocycles. The third kappa shape index (κ3) is 5.08. The Morgan fingerprint density at radius 3 is 2.48 bits per heavy atom. The third-order valence-corrected chi connectivity index (χ3v) is 4.82. The maximum Gasteiger partial charge on any atom is 0.405 e. The summed E-state index contributed by atoms with van der Waals surface area (Å²) < 4.78 is 65.6. The Hall–Kier alpha value is -3.26. The van der Waals surface area contributed by atoms with E-state index < -0.39 is 35.8 Å².